The lowest BCUT2D eigenvalue weighted by molar-refractivity contribution is -0.128. The number of hydrogen-bond acceptors (Lipinski definition) is 2. The van der Waals surface area contributed by atoms with Gasteiger partial charge in [-0.25, -0.2) is 4.39 Å². The average molecular weight is 259 g/mol. The van der Waals surface area contributed by atoms with Gasteiger partial charge in [0.15, 0.2) is 6.10 Å². The molecule has 2 aromatic carbocycles. The van der Waals surface area contributed by atoms with Gasteiger partial charge in [-0.05, 0) is 28.8 Å². The molecule has 0 radical (unpaired) electrons. The predicted octanol–water partition coefficient (Wildman–Crippen LogP) is 2.67. The summed E-state index contributed by atoms with van der Waals surface area (Å²) < 4.78 is 18.4. The van der Waals surface area contributed by atoms with Gasteiger partial charge in [-0.1, -0.05) is 36.4 Å². The van der Waals surface area contributed by atoms with Crippen molar-refractivity contribution >= 4 is 5.91 Å². The number of primary amides is 1. The highest BCUT2D eigenvalue weighted by atomic mass is 19.1. The van der Waals surface area contributed by atoms with E-state index in [9.17, 15) is 9.18 Å². The van der Waals surface area contributed by atoms with Gasteiger partial charge in [0, 0.05) is 7.11 Å². The summed E-state index contributed by atoms with van der Waals surface area (Å²) in [5.41, 5.74) is 7.35. The molecule has 2 N–H and O–H groups in total. The number of amides is 1. The summed E-state index contributed by atoms with van der Waals surface area (Å²) in [7, 11) is 1.41. The van der Waals surface area contributed by atoms with Crippen LogP contribution in [0, 0.1) is 5.82 Å². The van der Waals surface area contributed by atoms with E-state index in [-0.39, 0.29) is 5.82 Å². The van der Waals surface area contributed by atoms with E-state index in [1.54, 1.807) is 30.3 Å². The standard InChI is InChI=1S/C15H14FNO2/c1-19-14(15(17)18)13-8-3-2-7-12(13)10-5-4-6-11(16)9-10/h2-9,14H,1H3,(H2,17,18). The fraction of sp³-hybridized carbons (Fsp3) is 0.133. The van der Waals surface area contributed by atoms with Crippen LogP contribution in [-0.2, 0) is 9.53 Å². The Morgan fingerprint density at radius 1 is 1.21 bits per heavy atom. The van der Waals surface area contributed by atoms with Gasteiger partial charge in [0.25, 0.3) is 5.91 Å². The highest BCUT2D eigenvalue weighted by molar-refractivity contribution is 5.84. The van der Waals surface area contributed by atoms with E-state index >= 15 is 0 Å². The summed E-state index contributed by atoms with van der Waals surface area (Å²) in [4.78, 5) is 11.4. The first kappa shape index (κ1) is 13.2. The third kappa shape index (κ3) is 2.80. The highest BCUT2D eigenvalue weighted by Crippen LogP contribution is 2.30. The molecule has 3 nitrogen and oxygen atoms in total. The van der Waals surface area contributed by atoms with Crippen molar-refractivity contribution in [1.82, 2.24) is 0 Å². The molecule has 0 fully saturated rings. The fourth-order valence-electron chi connectivity index (χ4n) is 2.04. The molecule has 1 amide bonds. The van der Waals surface area contributed by atoms with Gasteiger partial charge in [-0.2, -0.15) is 0 Å². The van der Waals surface area contributed by atoms with Crippen LogP contribution in [0.4, 0.5) is 4.39 Å². The van der Waals surface area contributed by atoms with Gasteiger partial charge in [0.2, 0.25) is 0 Å². The molecule has 0 heterocycles. The normalized spacial score (nSPS) is 12.1. The van der Waals surface area contributed by atoms with Crippen LogP contribution in [0.3, 0.4) is 0 Å². The van der Waals surface area contributed by atoms with Crippen molar-refractivity contribution in [3.8, 4) is 11.1 Å². The SMILES string of the molecule is COC(C(N)=O)c1ccccc1-c1cccc(F)c1. The molecular weight excluding hydrogens is 245 g/mol. The van der Waals surface area contributed by atoms with Crippen LogP contribution in [0.15, 0.2) is 48.5 Å². The number of carbonyl (C=O) groups excluding carboxylic acids is 1. The minimum Gasteiger partial charge on any atom is -0.367 e. The third-order valence-electron chi connectivity index (χ3n) is 2.87. The van der Waals surface area contributed by atoms with E-state index in [2.05, 4.69) is 0 Å². The molecule has 0 aromatic heterocycles. The topological polar surface area (TPSA) is 52.3 Å². The number of halogens is 1. The Morgan fingerprint density at radius 3 is 2.58 bits per heavy atom. The molecule has 0 saturated heterocycles. The van der Waals surface area contributed by atoms with E-state index in [0.717, 1.165) is 5.56 Å². The zero-order chi connectivity index (χ0) is 13.8. The van der Waals surface area contributed by atoms with Crippen LogP contribution in [0.25, 0.3) is 11.1 Å². The Bertz CT molecular complexity index is 598. The number of methoxy groups -OCH3 is 1. The average Bonchev–Trinajstić information content (AvgIpc) is 2.40. The lowest BCUT2D eigenvalue weighted by atomic mass is 9.96. The van der Waals surface area contributed by atoms with E-state index < -0.39 is 12.0 Å². The first-order valence-electron chi connectivity index (χ1n) is 5.80. The van der Waals surface area contributed by atoms with E-state index in [0.29, 0.717) is 11.1 Å². The van der Waals surface area contributed by atoms with Crippen LogP contribution < -0.4 is 5.73 Å². The molecule has 4 heteroatoms. The molecule has 0 spiro atoms. The Hall–Kier alpha value is -2.20. The molecule has 0 aliphatic rings. The third-order valence-corrected chi connectivity index (χ3v) is 2.87. The second-order valence-corrected chi connectivity index (χ2v) is 4.12. The lowest BCUT2D eigenvalue weighted by Crippen LogP contribution is -2.23. The first-order chi connectivity index (χ1) is 9.13. The molecule has 0 bridgehead atoms. The van der Waals surface area contributed by atoms with Crippen LogP contribution in [0.2, 0.25) is 0 Å². The molecular formula is C15H14FNO2. The Balaban J connectivity index is 2.55. The van der Waals surface area contributed by atoms with Crippen LogP contribution in [0.1, 0.15) is 11.7 Å². The maximum absolute atomic E-state index is 13.3. The maximum atomic E-state index is 13.3. The molecule has 0 aliphatic carbocycles. The molecule has 2 aromatic rings. The zero-order valence-corrected chi connectivity index (χ0v) is 10.5. The van der Waals surface area contributed by atoms with Crippen molar-refractivity contribution in [1.29, 1.82) is 0 Å². The Morgan fingerprint density at radius 2 is 1.95 bits per heavy atom. The van der Waals surface area contributed by atoms with Gasteiger partial charge in [0.05, 0.1) is 0 Å². The summed E-state index contributed by atoms with van der Waals surface area (Å²) in [5.74, 6) is -0.910. The van der Waals surface area contributed by atoms with Gasteiger partial charge in [-0.15, -0.1) is 0 Å². The van der Waals surface area contributed by atoms with Crippen molar-refractivity contribution in [2.45, 2.75) is 6.10 Å². The summed E-state index contributed by atoms with van der Waals surface area (Å²) in [6.07, 6.45) is -0.848. The van der Waals surface area contributed by atoms with Gasteiger partial charge < -0.3 is 10.5 Å². The first-order valence-corrected chi connectivity index (χ1v) is 5.80. The van der Waals surface area contributed by atoms with Crippen molar-refractivity contribution in [2.75, 3.05) is 7.11 Å². The largest absolute Gasteiger partial charge is 0.367 e. The second kappa shape index (κ2) is 5.63. The van der Waals surface area contributed by atoms with E-state index in [1.165, 1.54) is 19.2 Å². The maximum Gasteiger partial charge on any atom is 0.251 e. The Labute approximate surface area is 110 Å². The molecule has 0 aliphatic heterocycles. The van der Waals surface area contributed by atoms with Gasteiger partial charge >= 0.3 is 0 Å². The fourth-order valence-corrected chi connectivity index (χ4v) is 2.04. The van der Waals surface area contributed by atoms with Crippen LogP contribution in [-0.4, -0.2) is 13.0 Å². The van der Waals surface area contributed by atoms with Crippen molar-refractivity contribution in [2.24, 2.45) is 5.73 Å². The monoisotopic (exact) mass is 259 g/mol. The number of rotatable bonds is 4. The minimum atomic E-state index is -0.848. The molecule has 1 unspecified atom stereocenters. The van der Waals surface area contributed by atoms with E-state index in [1.807, 2.05) is 6.07 Å². The number of hydrogen-bond donors (Lipinski definition) is 1. The van der Waals surface area contributed by atoms with Crippen molar-refractivity contribution in [3.05, 3.63) is 59.9 Å². The molecule has 2 rings (SSSR count). The lowest BCUT2D eigenvalue weighted by Gasteiger charge is -2.16. The second-order valence-electron chi connectivity index (χ2n) is 4.12. The van der Waals surface area contributed by atoms with E-state index in [4.69, 9.17) is 10.5 Å². The Kier molecular flexibility index (Phi) is 3.92. The summed E-state index contributed by atoms with van der Waals surface area (Å²) >= 11 is 0. The number of benzene rings is 2. The summed E-state index contributed by atoms with van der Waals surface area (Å²) in [6.45, 7) is 0. The zero-order valence-electron chi connectivity index (χ0n) is 10.5. The highest BCUT2D eigenvalue weighted by Gasteiger charge is 2.20. The molecule has 0 saturated carbocycles. The quantitative estimate of drug-likeness (QED) is 0.917. The smallest absolute Gasteiger partial charge is 0.251 e. The number of ether oxygens (including phenoxy) is 1. The number of carbonyl (C=O) groups is 1. The van der Waals surface area contributed by atoms with Crippen LogP contribution >= 0.6 is 0 Å². The summed E-state index contributed by atoms with van der Waals surface area (Å²) in [6, 6.07) is 13.3. The van der Waals surface area contributed by atoms with Gasteiger partial charge in [0.1, 0.15) is 5.82 Å². The summed E-state index contributed by atoms with van der Waals surface area (Å²) in [5, 5.41) is 0. The van der Waals surface area contributed by atoms with Crippen molar-refractivity contribution in [3.63, 3.8) is 0 Å². The predicted molar refractivity (Wildman–Crippen MR) is 70.8 cm³/mol. The number of nitrogens with two attached hydrogens (primary N) is 1. The molecule has 19 heavy (non-hydrogen) atoms. The molecule has 98 valence electrons. The van der Waals surface area contributed by atoms with Gasteiger partial charge in [-0.3, -0.25) is 4.79 Å². The minimum absolute atomic E-state index is 0.333. The van der Waals surface area contributed by atoms with Crippen molar-refractivity contribution < 1.29 is 13.9 Å². The van der Waals surface area contributed by atoms with Crippen LogP contribution in [0.5, 0.6) is 0 Å². The molecule has 1 atom stereocenters.